The zero-order valence-electron chi connectivity index (χ0n) is 39.9. The molecular formula is C44H50CdN18O14+2. The fraction of sp³-hybridized carbons (Fsp3) is 0. The summed E-state index contributed by atoms with van der Waals surface area (Å²) >= 11 is 0. The number of nitrogens with one attached hydrogen (secondary N) is 8. The van der Waals surface area contributed by atoms with Crippen LogP contribution in [0.15, 0.2) is 196 Å². The molecule has 0 aromatic carbocycles. The Morgan fingerprint density at radius 3 is 0.481 bits per heavy atom. The van der Waals surface area contributed by atoms with Crippen LogP contribution in [-0.4, -0.2) is 85.1 Å². The number of carbonyl (C=O) groups is 4. The Bertz CT molecular complexity index is 2250. The maximum atomic E-state index is 11.5. The first-order valence-electron chi connectivity index (χ1n) is 20.0. The summed E-state index contributed by atoms with van der Waals surface area (Å²) in [6, 6.07) is 26.8. The molecule has 0 bridgehead atoms. The molecule has 8 aromatic rings. The van der Waals surface area contributed by atoms with Gasteiger partial charge in [-0.05, 0) is 97.1 Å². The summed E-state index contributed by atoms with van der Waals surface area (Å²) in [5.41, 5.74) is 5.14. The van der Waals surface area contributed by atoms with E-state index in [1.165, 1.54) is 0 Å². The summed E-state index contributed by atoms with van der Waals surface area (Å²) in [6.07, 6.45) is 25.7. The molecule has 400 valence electrons. The normalized spacial score (nSPS) is 8.52. The molecule has 0 radical (unpaired) electrons. The molecule has 0 aliphatic carbocycles. The van der Waals surface area contributed by atoms with Crippen LogP contribution in [0.1, 0.15) is 0 Å². The van der Waals surface area contributed by atoms with E-state index in [9.17, 15) is 19.2 Å². The molecule has 0 aliphatic heterocycles. The first-order chi connectivity index (χ1) is 34.8. The van der Waals surface area contributed by atoms with Crippen LogP contribution in [0.3, 0.4) is 0 Å². The standard InChI is InChI=1S/4C11H10N4O.Cd.2NO3.4H2O/c4*16-11(14-9-3-1-5-12-7-9)15-10-4-2-6-13-8-10;;2*2-1(3)4;;;;/h4*1-8H,(H2,14,15,16);;;;4*1H2/q;;;;+2;2*-1;;;;/p+2. The van der Waals surface area contributed by atoms with Gasteiger partial charge in [0.05, 0.1) is 105 Å². The van der Waals surface area contributed by atoms with E-state index in [1.807, 2.05) is 0 Å². The van der Waals surface area contributed by atoms with Gasteiger partial charge in [0.2, 0.25) is 0 Å². The Hall–Kier alpha value is -10.6. The van der Waals surface area contributed by atoms with Crippen LogP contribution in [0, 0.1) is 30.6 Å². The van der Waals surface area contributed by atoms with Crippen molar-refractivity contribution in [1.29, 1.82) is 0 Å². The van der Waals surface area contributed by atoms with Gasteiger partial charge in [-0.2, -0.15) is 0 Å². The van der Waals surface area contributed by atoms with Gasteiger partial charge in [0.15, 0.2) is 0 Å². The number of urea groups is 4. The monoisotopic (exact) mass is 1170 g/mol. The zero-order chi connectivity index (χ0) is 52.0. The number of anilines is 8. The molecule has 0 spiro atoms. The van der Waals surface area contributed by atoms with Gasteiger partial charge in [-0.3, -0.25) is 39.9 Å². The number of nitrogens with zero attached hydrogens (tertiary/aromatic N) is 10. The van der Waals surface area contributed by atoms with Gasteiger partial charge in [0, 0.05) is 49.6 Å². The minimum absolute atomic E-state index is 0. The van der Waals surface area contributed by atoms with E-state index in [-0.39, 0.29) is 73.3 Å². The molecule has 8 aromatic heterocycles. The van der Waals surface area contributed by atoms with E-state index in [2.05, 4.69) is 82.4 Å². The molecule has 32 nitrogen and oxygen atoms in total. The zero-order valence-corrected chi connectivity index (χ0v) is 43.9. The number of pyridine rings is 8. The molecule has 77 heavy (non-hydrogen) atoms. The smallest absolute Gasteiger partial charge is 0.457 e. The number of amides is 8. The molecule has 0 saturated heterocycles. The summed E-state index contributed by atoms with van der Waals surface area (Å²) < 4.78 is 0. The molecule has 0 saturated carbocycles. The van der Waals surface area contributed by atoms with Gasteiger partial charge in [0.25, 0.3) is 0 Å². The van der Waals surface area contributed by atoms with E-state index in [1.54, 1.807) is 196 Å². The minimum atomic E-state index is -1.75. The van der Waals surface area contributed by atoms with Gasteiger partial charge in [0.1, 0.15) is 0 Å². The average Bonchev–Trinajstić information content (AvgIpc) is 3.37. The molecule has 18 N–H and O–H groups in total. The number of aromatic nitrogens is 8. The second kappa shape index (κ2) is 43.1. The quantitative estimate of drug-likeness (QED) is 0.0449. The van der Waals surface area contributed by atoms with E-state index in [0.29, 0.717) is 45.5 Å². The van der Waals surface area contributed by atoms with Crippen molar-refractivity contribution in [2.45, 2.75) is 0 Å². The van der Waals surface area contributed by atoms with E-state index in [4.69, 9.17) is 30.6 Å². The van der Waals surface area contributed by atoms with Crippen LogP contribution in [-0.2, 0) is 38.3 Å². The number of hydrogen-bond acceptors (Lipinski definition) is 18. The summed E-state index contributed by atoms with van der Waals surface area (Å²) in [5, 5.41) is 50.7. The Kier molecular flexibility index (Phi) is 39.5. The number of hydrogen-bond donors (Lipinski definition) is 8. The Balaban J connectivity index is -0.000000886. The fourth-order valence-corrected chi connectivity index (χ4v) is 4.67. The van der Waals surface area contributed by atoms with Crippen LogP contribution in [0.5, 0.6) is 0 Å². The second-order valence-corrected chi connectivity index (χ2v) is 12.7. The van der Waals surface area contributed by atoms with Gasteiger partial charge >= 0.3 is 51.4 Å². The third-order valence-corrected chi connectivity index (χ3v) is 7.36. The van der Waals surface area contributed by atoms with Crippen molar-refractivity contribution in [3.8, 4) is 0 Å². The maximum Gasteiger partial charge on any atom is 2.00 e. The number of rotatable bonds is 8. The Labute approximate surface area is 455 Å². The molecule has 0 atom stereocenters. The van der Waals surface area contributed by atoms with Crippen molar-refractivity contribution in [3.05, 3.63) is 227 Å². The van der Waals surface area contributed by atoms with Gasteiger partial charge in [-0.15, -0.1) is 0 Å². The number of carbonyl (C=O) groups excluding carboxylic acids is 4. The first-order valence-corrected chi connectivity index (χ1v) is 20.0. The average molecular weight is 1170 g/mol. The molecular weight excluding hydrogens is 1120 g/mol. The topological polar surface area (TPSA) is 529 Å². The molecule has 0 unspecified atom stereocenters. The molecule has 0 aliphatic rings. The fourth-order valence-electron chi connectivity index (χ4n) is 4.67. The van der Waals surface area contributed by atoms with Crippen LogP contribution in [0.25, 0.3) is 0 Å². The molecule has 0 fully saturated rings. The Morgan fingerprint density at radius 1 is 0.299 bits per heavy atom. The van der Waals surface area contributed by atoms with Crippen LogP contribution < -0.4 is 42.5 Å². The van der Waals surface area contributed by atoms with Crippen LogP contribution >= 0.6 is 0 Å². The molecule has 33 heteroatoms. The van der Waals surface area contributed by atoms with Gasteiger partial charge < -0.3 is 95.1 Å². The summed E-state index contributed by atoms with van der Waals surface area (Å²) in [7, 11) is 0. The van der Waals surface area contributed by atoms with Crippen LogP contribution in [0.2, 0.25) is 0 Å². The van der Waals surface area contributed by atoms with E-state index >= 15 is 0 Å². The van der Waals surface area contributed by atoms with E-state index in [0.717, 1.165) is 0 Å². The van der Waals surface area contributed by atoms with Crippen molar-refractivity contribution in [1.82, 2.24) is 39.9 Å². The summed E-state index contributed by atoms with van der Waals surface area (Å²) in [4.78, 5) is 93.6. The molecule has 8 rings (SSSR count). The predicted molar refractivity (Wildman–Crippen MR) is 282 cm³/mol. The van der Waals surface area contributed by atoms with Crippen molar-refractivity contribution >= 4 is 69.6 Å². The van der Waals surface area contributed by atoms with Gasteiger partial charge in [-0.1, -0.05) is 0 Å². The van der Waals surface area contributed by atoms with E-state index < -0.39 is 10.2 Å². The van der Waals surface area contributed by atoms with Gasteiger partial charge in [-0.25, -0.2) is 19.2 Å². The van der Waals surface area contributed by atoms with Crippen molar-refractivity contribution < 1.29 is 78.6 Å². The summed E-state index contributed by atoms with van der Waals surface area (Å²) in [6.45, 7) is 0. The molecule has 8 amide bonds. The van der Waals surface area contributed by atoms with Crippen LogP contribution in [0.4, 0.5) is 64.7 Å². The predicted octanol–water partition coefficient (Wildman–Crippen LogP) is 4.51. The van der Waals surface area contributed by atoms with Crippen molar-refractivity contribution in [2.24, 2.45) is 0 Å². The minimum Gasteiger partial charge on any atom is -0.457 e. The largest absolute Gasteiger partial charge is 2.00 e. The van der Waals surface area contributed by atoms with Crippen molar-refractivity contribution in [3.63, 3.8) is 0 Å². The first kappa shape index (κ1) is 70.7. The maximum absolute atomic E-state index is 11.5. The third kappa shape index (κ3) is 36.1. The second-order valence-electron chi connectivity index (χ2n) is 12.7. The third-order valence-electron chi connectivity index (χ3n) is 7.36. The molecule has 8 heterocycles. The Morgan fingerprint density at radius 2 is 0.403 bits per heavy atom. The van der Waals surface area contributed by atoms with Crippen molar-refractivity contribution in [2.75, 3.05) is 42.5 Å². The SMILES string of the molecule is O.O.O=C(Nc1cccnc1)Nc1cccnc1.O=C(Nc1cccnc1)Nc1cccnc1.O=C(Nc1cccnc1)Nc1cccnc1.O=C(Nc1cccnc1)Nc1cccnc1.O=[N+]([O-])[O-].O=[N+]([O-])[O-].[Cd+2].[OH3+].[OH3+]. The summed E-state index contributed by atoms with van der Waals surface area (Å²) in [5.74, 6) is 0.